The Labute approximate surface area is 183 Å². The second-order valence-corrected chi connectivity index (χ2v) is 6.48. The average molecular weight is 430 g/mol. The van der Waals surface area contributed by atoms with E-state index in [9.17, 15) is 19.5 Å². The summed E-state index contributed by atoms with van der Waals surface area (Å²) < 4.78 is 10.7. The van der Waals surface area contributed by atoms with Gasteiger partial charge < -0.3 is 19.9 Å². The Balaban J connectivity index is 1.87. The van der Waals surface area contributed by atoms with Gasteiger partial charge in [0.2, 0.25) is 0 Å². The molecule has 0 aliphatic rings. The van der Waals surface area contributed by atoms with E-state index >= 15 is 0 Å². The molecule has 0 radical (unpaired) electrons. The lowest BCUT2D eigenvalue weighted by Gasteiger charge is -2.13. The smallest absolute Gasteiger partial charge is 0.339 e. The molecule has 0 atom stereocenters. The highest BCUT2D eigenvalue weighted by Gasteiger charge is 2.19. The van der Waals surface area contributed by atoms with E-state index in [1.54, 1.807) is 49.4 Å². The molecule has 0 aromatic heterocycles. The second kappa shape index (κ2) is 9.91. The highest BCUT2D eigenvalue weighted by molar-refractivity contribution is 6.05. The monoisotopic (exact) mass is 430 g/mol. The first-order valence-electron chi connectivity index (χ1n) is 9.55. The SMILES string of the molecule is CCOC(=O)c1ccc(Oc2ccccc2NC(=O)c2cccc(C#N)c2)cc1C(=O)O. The number of esters is 1. The number of aromatic carboxylic acids is 1. The van der Waals surface area contributed by atoms with Crippen molar-refractivity contribution >= 4 is 23.5 Å². The zero-order chi connectivity index (χ0) is 23.1. The molecule has 0 aliphatic heterocycles. The quantitative estimate of drug-likeness (QED) is 0.529. The Morgan fingerprint density at radius 3 is 2.50 bits per heavy atom. The number of nitrogens with zero attached hydrogens (tertiary/aromatic N) is 1. The van der Waals surface area contributed by atoms with Gasteiger partial charge in [-0.2, -0.15) is 5.26 Å². The molecule has 3 rings (SSSR count). The number of carboxylic acid groups (broad SMARTS) is 1. The normalized spacial score (nSPS) is 10.0. The molecular weight excluding hydrogens is 412 g/mol. The van der Waals surface area contributed by atoms with Gasteiger partial charge in [-0.3, -0.25) is 4.79 Å². The van der Waals surface area contributed by atoms with Crippen molar-refractivity contribution in [3.63, 3.8) is 0 Å². The lowest BCUT2D eigenvalue weighted by molar-refractivity contribution is 0.0514. The standard InChI is InChI=1S/C24H18N2O6/c1-2-31-24(30)18-11-10-17(13-19(18)23(28)29)32-21-9-4-3-8-20(21)26-22(27)16-7-5-6-15(12-16)14-25/h3-13H,2H2,1H3,(H,26,27)(H,28,29). The number of para-hydroxylation sites is 2. The van der Waals surface area contributed by atoms with Crippen molar-refractivity contribution in [1.29, 1.82) is 5.26 Å². The highest BCUT2D eigenvalue weighted by Crippen LogP contribution is 2.31. The van der Waals surface area contributed by atoms with Crippen LogP contribution in [0.5, 0.6) is 11.5 Å². The van der Waals surface area contributed by atoms with Gasteiger partial charge in [-0.15, -0.1) is 0 Å². The summed E-state index contributed by atoms with van der Waals surface area (Å²) in [5, 5.41) is 21.2. The van der Waals surface area contributed by atoms with E-state index in [0.717, 1.165) is 0 Å². The van der Waals surface area contributed by atoms with E-state index in [0.29, 0.717) is 16.8 Å². The predicted octanol–water partition coefficient (Wildman–Crippen LogP) is 4.48. The minimum atomic E-state index is -1.31. The Hall–Kier alpha value is -4.64. The van der Waals surface area contributed by atoms with Crippen LogP contribution in [0, 0.1) is 11.3 Å². The van der Waals surface area contributed by atoms with E-state index in [1.807, 2.05) is 6.07 Å². The third-order valence-electron chi connectivity index (χ3n) is 4.33. The zero-order valence-electron chi connectivity index (χ0n) is 17.0. The van der Waals surface area contributed by atoms with Crippen molar-refractivity contribution in [3.8, 4) is 17.6 Å². The van der Waals surface area contributed by atoms with Crippen molar-refractivity contribution in [2.24, 2.45) is 0 Å². The number of carbonyl (C=O) groups excluding carboxylic acids is 2. The molecule has 0 heterocycles. The van der Waals surface area contributed by atoms with Crippen LogP contribution in [0.3, 0.4) is 0 Å². The molecule has 0 spiro atoms. The fourth-order valence-electron chi connectivity index (χ4n) is 2.86. The minimum absolute atomic E-state index is 0.0920. The van der Waals surface area contributed by atoms with E-state index in [-0.39, 0.29) is 29.2 Å². The van der Waals surface area contributed by atoms with E-state index in [2.05, 4.69) is 5.32 Å². The third-order valence-corrected chi connectivity index (χ3v) is 4.33. The van der Waals surface area contributed by atoms with Crippen LogP contribution in [0.4, 0.5) is 5.69 Å². The average Bonchev–Trinajstić information content (AvgIpc) is 2.80. The van der Waals surface area contributed by atoms with E-state index < -0.39 is 17.8 Å². The Morgan fingerprint density at radius 2 is 1.78 bits per heavy atom. The van der Waals surface area contributed by atoms with Crippen LogP contribution >= 0.6 is 0 Å². The van der Waals surface area contributed by atoms with E-state index in [4.69, 9.17) is 14.7 Å². The minimum Gasteiger partial charge on any atom is -0.478 e. The maximum Gasteiger partial charge on any atom is 0.339 e. The topological polar surface area (TPSA) is 126 Å². The van der Waals surface area contributed by atoms with Gasteiger partial charge >= 0.3 is 11.9 Å². The van der Waals surface area contributed by atoms with Gasteiger partial charge in [-0.25, -0.2) is 9.59 Å². The Kier molecular flexibility index (Phi) is 6.83. The van der Waals surface area contributed by atoms with Crippen LogP contribution < -0.4 is 10.1 Å². The van der Waals surface area contributed by atoms with Gasteiger partial charge in [0.25, 0.3) is 5.91 Å². The summed E-state index contributed by atoms with van der Waals surface area (Å²) in [4.78, 5) is 36.2. The number of nitriles is 1. The van der Waals surface area contributed by atoms with Gasteiger partial charge in [0, 0.05) is 5.56 Å². The van der Waals surface area contributed by atoms with Crippen LogP contribution in [-0.4, -0.2) is 29.6 Å². The molecule has 0 bridgehead atoms. The van der Waals surface area contributed by atoms with Gasteiger partial charge in [0.1, 0.15) is 5.75 Å². The second-order valence-electron chi connectivity index (χ2n) is 6.48. The number of benzene rings is 3. The molecule has 8 nitrogen and oxygen atoms in total. The molecule has 32 heavy (non-hydrogen) atoms. The number of nitrogens with one attached hydrogen (secondary N) is 1. The largest absolute Gasteiger partial charge is 0.478 e. The fraction of sp³-hybridized carbons (Fsp3) is 0.0833. The van der Waals surface area contributed by atoms with Gasteiger partial charge in [0.05, 0.1) is 35.1 Å². The Bertz CT molecular complexity index is 1230. The van der Waals surface area contributed by atoms with Crippen LogP contribution in [0.15, 0.2) is 66.7 Å². The summed E-state index contributed by atoms with van der Waals surface area (Å²) in [6, 6.07) is 18.8. The number of hydrogen-bond acceptors (Lipinski definition) is 6. The zero-order valence-corrected chi connectivity index (χ0v) is 17.0. The third kappa shape index (κ3) is 5.09. The number of carboxylic acids is 1. The van der Waals surface area contributed by atoms with Gasteiger partial charge in [0.15, 0.2) is 5.75 Å². The summed E-state index contributed by atoms with van der Waals surface area (Å²) in [7, 11) is 0. The first-order chi connectivity index (χ1) is 15.4. The van der Waals surface area contributed by atoms with Crippen molar-refractivity contribution in [3.05, 3.63) is 89.0 Å². The number of amides is 1. The molecule has 0 unspecified atom stereocenters. The van der Waals surface area contributed by atoms with Crippen LogP contribution in [0.2, 0.25) is 0 Å². The summed E-state index contributed by atoms with van der Waals surface area (Å²) in [5.41, 5.74) is 0.628. The molecular formula is C24H18N2O6. The summed E-state index contributed by atoms with van der Waals surface area (Å²) >= 11 is 0. The predicted molar refractivity (Wildman–Crippen MR) is 115 cm³/mol. The fourth-order valence-corrected chi connectivity index (χ4v) is 2.86. The summed E-state index contributed by atoms with van der Waals surface area (Å²) in [5.74, 6) is -2.08. The number of hydrogen-bond donors (Lipinski definition) is 2. The van der Waals surface area contributed by atoms with Crippen molar-refractivity contribution in [2.45, 2.75) is 6.92 Å². The van der Waals surface area contributed by atoms with Gasteiger partial charge in [-0.1, -0.05) is 18.2 Å². The van der Waals surface area contributed by atoms with Crippen LogP contribution in [0.25, 0.3) is 0 Å². The molecule has 3 aromatic carbocycles. The van der Waals surface area contributed by atoms with Crippen molar-refractivity contribution < 1.29 is 29.0 Å². The van der Waals surface area contributed by atoms with Crippen LogP contribution in [0.1, 0.15) is 43.6 Å². The molecule has 1 amide bonds. The maximum absolute atomic E-state index is 12.6. The summed E-state index contributed by atoms with van der Waals surface area (Å²) in [6.45, 7) is 1.73. The van der Waals surface area contributed by atoms with Crippen LogP contribution in [-0.2, 0) is 4.74 Å². The molecule has 0 saturated carbocycles. The number of carbonyl (C=O) groups is 3. The molecule has 3 aromatic rings. The lowest BCUT2D eigenvalue weighted by atomic mass is 10.1. The van der Waals surface area contributed by atoms with Crippen molar-refractivity contribution in [1.82, 2.24) is 0 Å². The summed E-state index contributed by atoms with van der Waals surface area (Å²) in [6.07, 6.45) is 0. The maximum atomic E-state index is 12.6. The molecule has 0 aliphatic carbocycles. The first kappa shape index (κ1) is 22.1. The highest BCUT2D eigenvalue weighted by atomic mass is 16.5. The van der Waals surface area contributed by atoms with Gasteiger partial charge in [-0.05, 0) is 55.5 Å². The van der Waals surface area contributed by atoms with Crippen molar-refractivity contribution in [2.75, 3.05) is 11.9 Å². The number of rotatable bonds is 7. The first-order valence-corrected chi connectivity index (χ1v) is 9.55. The number of ether oxygens (including phenoxy) is 2. The number of anilines is 1. The Morgan fingerprint density at radius 1 is 1.00 bits per heavy atom. The molecule has 8 heteroatoms. The van der Waals surface area contributed by atoms with E-state index in [1.165, 1.54) is 24.3 Å². The molecule has 160 valence electrons. The molecule has 0 saturated heterocycles. The molecule has 0 fully saturated rings. The lowest BCUT2D eigenvalue weighted by Crippen LogP contribution is -2.13. The molecule has 2 N–H and O–H groups in total.